The molecule has 0 aliphatic heterocycles. The predicted molar refractivity (Wildman–Crippen MR) is 74.9 cm³/mol. The van der Waals surface area contributed by atoms with E-state index in [2.05, 4.69) is 5.92 Å². The van der Waals surface area contributed by atoms with E-state index in [0.29, 0.717) is 23.6 Å². The zero-order chi connectivity index (χ0) is 14.0. The molecule has 1 aliphatic carbocycles. The van der Waals surface area contributed by atoms with Gasteiger partial charge in [0.15, 0.2) is 5.78 Å². The number of hydrogen-bond donors (Lipinski definition) is 0. The summed E-state index contributed by atoms with van der Waals surface area (Å²) in [5.74, 6) is 2.79. The second-order valence-electron chi connectivity index (χ2n) is 5.20. The molecule has 0 N–H and O–H groups in total. The number of terminal acetylenes is 1. The number of carbonyl (C=O) groups is 1. The lowest BCUT2D eigenvalue weighted by Crippen LogP contribution is -2.28. The third-order valence-corrected chi connectivity index (χ3v) is 3.45. The summed E-state index contributed by atoms with van der Waals surface area (Å²) in [6.45, 7) is 4.45. The Morgan fingerprint density at radius 3 is 2.74 bits per heavy atom. The van der Waals surface area contributed by atoms with Crippen molar-refractivity contribution in [2.75, 3.05) is 18.0 Å². The standard InChI is InChI=1S/C16H18FNO/c1-4-7-18(10-13-5-6-13)16-8-11(2)15(17)9-14(16)12(3)19/h1,8-9,13H,5-7,10H2,2-3H3. The van der Waals surface area contributed by atoms with Gasteiger partial charge in [-0.15, -0.1) is 6.42 Å². The van der Waals surface area contributed by atoms with Gasteiger partial charge in [-0.1, -0.05) is 5.92 Å². The molecule has 0 unspecified atom stereocenters. The Labute approximate surface area is 113 Å². The van der Waals surface area contributed by atoms with Crippen LogP contribution in [0.15, 0.2) is 12.1 Å². The van der Waals surface area contributed by atoms with E-state index in [1.807, 2.05) is 4.90 Å². The number of ketones is 1. The maximum atomic E-state index is 13.6. The average Bonchev–Trinajstić information content (AvgIpc) is 3.15. The fourth-order valence-corrected chi connectivity index (χ4v) is 2.18. The number of carbonyl (C=O) groups excluding carboxylic acids is 1. The first-order valence-electron chi connectivity index (χ1n) is 6.52. The predicted octanol–water partition coefficient (Wildman–Crippen LogP) is 3.19. The number of hydrogen-bond acceptors (Lipinski definition) is 2. The van der Waals surface area contributed by atoms with Crippen LogP contribution in [0, 0.1) is 31.0 Å². The monoisotopic (exact) mass is 259 g/mol. The molecular formula is C16H18FNO. The highest BCUT2D eigenvalue weighted by Crippen LogP contribution is 2.33. The van der Waals surface area contributed by atoms with Gasteiger partial charge < -0.3 is 4.90 Å². The Kier molecular flexibility index (Phi) is 3.90. The number of benzene rings is 1. The number of rotatable bonds is 5. The minimum Gasteiger partial charge on any atom is -0.360 e. The number of nitrogens with zero attached hydrogens (tertiary/aromatic N) is 1. The van der Waals surface area contributed by atoms with Gasteiger partial charge in [-0.25, -0.2) is 4.39 Å². The van der Waals surface area contributed by atoms with Crippen molar-refractivity contribution in [1.82, 2.24) is 0 Å². The summed E-state index contributed by atoms with van der Waals surface area (Å²) in [5, 5.41) is 0. The molecule has 0 radical (unpaired) electrons. The van der Waals surface area contributed by atoms with E-state index in [0.717, 1.165) is 12.2 Å². The number of Topliss-reactive ketones (excluding diaryl/α,β-unsaturated/α-hetero) is 1. The third-order valence-electron chi connectivity index (χ3n) is 3.45. The molecule has 1 aliphatic rings. The Balaban J connectivity index is 2.41. The highest BCUT2D eigenvalue weighted by molar-refractivity contribution is 6.00. The van der Waals surface area contributed by atoms with Crippen LogP contribution in [-0.2, 0) is 0 Å². The van der Waals surface area contributed by atoms with Crippen LogP contribution < -0.4 is 4.90 Å². The molecule has 100 valence electrons. The van der Waals surface area contributed by atoms with Crippen molar-refractivity contribution in [3.63, 3.8) is 0 Å². The lowest BCUT2D eigenvalue weighted by molar-refractivity contribution is 0.101. The topological polar surface area (TPSA) is 20.3 Å². The molecule has 0 bridgehead atoms. The average molecular weight is 259 g/mol. The van der Waals surface area contributed by atoms with Gasteiger partial charge in [0, 0.05) is 17.8 Å². The fourth-order valence-electron chi connectivity index (χ4n) is 2.18. The van der Waals surface area contributed by atoms with Crippen LogP contribution in [0.2, 0.25) is 0 Å². The normalized spacial score (nSPS) is 14.0. The largest absolute Gasteiger partial charge is 0.360 e. The highest BCUT2D eigenvalue weighted by atomic mass is 19.1. The molecule has 2 rings (SSSR count). The Morgan fingerprint density at radius 1 is 1.53 bits per heavy atom. The SMILES string of the molecule is C#CCN(CC1CC1)c1cc(C)c(F)cc1C(C)=O. The van der Waals surface area contributed by atoms with Crippen molar-refractivity contribution < 1.29 is 9.18 Å². The van der Waals surface area contributed by atoms with Gasteiger partial charge in [-0.05, 0) is 50.3 Å². The van der Waals surface area contributed by atoms with Crippen molar-refractivity contribution in [2.45, 2.75) is 26.7 Å². The summed E-state index contributed by atoms with van der Waals surface area (Å²) >= 11 is 0. The molecule has 0 atom stereocenters. The summed E-state index contributed by atoms with van der Waals surface area (Å²) in [4.78, 5) is 13.7. The molecule has 0 heterocycles. The zero-order valence-electron chi connectivity index (χ0n) is 11.4. The first-order valence-corrected chi connectivity index (χ1v) is 6.52. The van der Waals surface area contributed by atoms with E-state index in [9.17, 15) is 9.18 Å². The first-order chi connectivity index (χ1) is 9.02. The molecule has 1 aromatic carbocycles. The molecule has 0 saturated heterocycles. The summed E-state index contributed by atoms with van der Waals surface area (Å²) in [6, 6.07) is 3.05. The van der Waals surface area contributed by atoms with Crippen LogP contribution in [0.4, 0.5) is 10.1 Å². The molecule has 1 aromatic rings. The maximum absolute atomic E-state index is 13.6. The number of aryl methyl sites for hydroxylation is 1. The Bertz CT molecular complexity index is 540. The van der Waals surface area contributed by atoms with E-state index in [1.165, 1.54) is 25.8 Å². The second kappa shape index (κ2) is 5.44. The molecule has 0 aromatic heterocycles. The Morgan fingerprint density at radius 2 is 2.21 bits per heavy atom. The van der Waals surface area contributed by atoms with E-state index in [-0.39, 0.29) is 11.6 Å². The summed E-state index contributed by atoms with van der Waals surface area (Å²) in [5.41, 5.74) is 1.72. The van der Waals surface area contributed by atoms with Gasteiger partial charge in [0.25, 0.3) is 0 Å². The van der Waals surface area contributed by atoms with Gasteiger partial charge in [-0.2, -0.15) is 0 Å². The van der Waals surface area contributed by atoms with Crippen LogP contribution in [0.5, 0.6) is 0 Å². The van der Waals surface area contributed by atoms with Gasteiger partial charge in [-0.3, -0.25) is 4.79 Å². The van der Waals surface area contributed by atoms with Crippen LogP contribution in [0.3, 0.4) is 0 Å². The van der Waals surface area contributed by atoms with Crippen molar-refractivity contribution in [3.8, 4) is 12.3 Å². The fraction of sp³-hybridized carbons (Fsp3) is 0.438. The minimum atomic E-state index is -0.346. The minimum absolute atomic E-state index is 0.133. The van der Waals surface area contributed by atoms with Crippen molar-refractivity contribution in [1.29, 1.82) is 0 Å². The molecule has 2 nitrogen and oxygen atoms in total. The zero-order valence-corrected chi connectivity index (χ0v) is 11.4. The van der Waals surface area contributed by atoms with Crippen molar-refractivity contribution >= 4 is 11.5 Å². The van der Waals surface area contributed by atoms with Crippen LogP contribution in [-0.4, -0.2) is 18.9 Å². The van der Waals surface area contributed by atoms with E-state index in [4.69, 9.17) is 6.42 Å². The summed E-state index contributed by atoms with van der Waals surface area (Å²) in [7, 11) is 0. The molecular weight excluding hydrogens is 241 g/mol. The summed E-state index contributed by atoms with van der Waals surface area (Å²) < 4.78 is 13.6. The number of anilines is 1. The lowest BCUT2D eigenvalue weighted by Gasteiger charge is -2.25. The quantitative estimate of drug-likeness (QED) is 0.598. The number of halogens is 1. The van der Waals surface area contributed by atoms with Gasteiger partial charge in [0.2, 0.25) is 0 Å². The van der Waals surface area contributed by atoms with Gasteiger partial charge in [0.05, 0.1) is 6.54 Å². The smallest absolute Gasteiger partial charge is 0.161 e. The molecule has 1 fully saturated rings. The van der Waals surface area contributed by atoms with E-state index >= 15 is 0 Å². The van der Waals surface area contributed by atoms with E-state index in [1.54, 1.807) is 13.0 Å². The maximum Gasteiger partial charge on any atom is 0.161 e. The van der Waals surface area contributed by atoms with Gasteiger partial charge >= 0.3 is 0 Å². The molecule has 19 heavy (non-hydrogen) atoms. The molecule has 0 amide bonds. The molecule has 1 saturated carbocycles. The van der Waals surface area contributed by atoms with Crippen molar-refractivity contribution in [3.05, 3.63) is 29.1 Å². The summed E-state index contributed by atoms with van der Waals surface area (Å²) in [6.07, 6.45) is 7.82. The van der Waals surface area contributed by atoms with Gasteiger partial charge in [0.1, 0.15) is 5.82 Å². The third kappa shape index (κ3) is 3.14. The molecule has 3 heteroatoms. The van der Waals surface area contributed by atoms with Crippen LogP contribution >= 0.6 is 0 Å². The second-order valence-corrected chi connectivity index (χ2v) is 5.20. The Hall–Kier alpha value is -1.82. The van der Waals surface area contributed by atoms with Crippen LogP contribution in [0.1, 0.15) is 35.7 Å². The molecule has 0 spiro atoms. The lowest BCUT2D eigenvalue weighted by atomic mass is 10.0. The first kappa shape index (κ1) is 13.6. The highest BCUT2D eigenvalue weighted by Gasteiger charge is 2.26. The van der Waals surface area contributed by atoms with Crippen LogP contribution in [0.25, 0.3) is 0 Å². The van der Waals surface area contributed by atoms with E-state index < -0.39 is 0 Å². The van der Waals surface area contributed by atoms with Crippen molar-refractivity contribution in [2.24, 2.45) is 5.92 Å².